The van der Waals surface area contributed by atoms with Gasteiger partial charge in [-0.05, 0) is 12.8 Å². The summed E-state index contributed by atoms with van der Waals surface area (Å²) in [5.41, 5.74) is 5.49. The highest BCUT2D eigenvalue weighted by Crippen LogP contribution is 2.50. The Bertz CT molecular complexity index is 166. The number of carbonyl (C=O) groups excluding carboxylic acids is 1. The molecule has 1 heterocycles. The van der Waals surface area contributed by atoms with Crippen molar-refractivity contribution in [3.8, 4) is 0 Å². The van der Waals surface area contributed by atoms with E-state index >= 15 is 0 Å². The lowest BCUT2D eigenvalue weighted by molar-refractivity contribution is -0.182. The van der Waals surface area contributed by atoms with Gasteiger partial charge in [0.1, 0.15) is 0 Å². The molecule has 0 atom stereocenters. The number of hydrogen-bond donors (Lipinski definition) is 1. The maximum absolute atomic E-state index is 10.6. The summed E-state index contributed by atoms with van der Waals surface area (Å²) in [6.07, 6.45) is 1.92. The molecule has 56 valence electrons. The van der Waals surface area contributed by atoms with Gasteiger partial charge in [0.2, 0.25) is 5.91 Å². The van der Waals surface area contributed by atoms with Crippen molar-refractivity contribution >= 4 is 5.91 Å². The van der Waals surface area contributed by atoms with Crippen molar-refractivity contribution in [2.24, 2.45) is 17.1 Å². The number of nitrogens with two attached hydrogens (primary N) is 1. The van der Waals surface area contributed by atoms with Crippen LogP contribution in [0, 0.1) is 11.3 Å². The highest BCUT2D eigenvalue weighted by Gasteiger charge is 2.51. The number of amides is 1. The molecular formula is C7H11NO2. The number of ether oxygens (including phenoxy) is 1. The molecule has 0 bridgehead atoms. The third-order valence-corrected chi connectivity index (χ3v) is 2.58. The monoisotopic (exact) mass is 141 g/mol. The first-order valence-corrected chi connectivity index (χ1v) is 3.59. The second-order valence-corrected chi connectivity index (χ2v) is 3.50. The van der Waals surface area contributed by atoms with Crippen molar-refractivity contribution in [2.75, 3.05) is 13.2 Å². The quantitative estimate of drug-likeness (QED) is 0.554. The molecule has 1 saturated carbocycles. The normalized spacial score (nSPS) is 29.2. The van der Waals surface area contributed by atoms with E-state index in [9.17, 15) is 4.79 Å². The molecule has 2 aliphatic rings. The molecule has 2 N–H and O–H groups in total. The molecule has 0 unspecified atom stereocenters. The van der Waals surface area contributed by atoms with Gasteiger partial charge in [-0.15, -0.1) is 0 Å². The highest BCUT2D eigenvalue weighted by molar-refractivity contribution is 5.77. The lowest BCUT2D eigenvalue weighted by atomic mass is 9.60. The van der Waals surface area contributed by atoms with E-state index in [1.165, 1.54) is 0 Å². The molecule has 1 aliphatic heterocycles. The molecule has 3 nitrogen and oxygen atoms in total. The topological polar surface area (TPSA) is 52.3 Å². The molecule has 10 heavy (non-hydrogen) atoms. The Labute approximate surface area is 59.5 Å². The number of primary amides is 1. The molecule has 1 amide bonds. The SMILES string of the molecule is NC(=O)C1CC2(COC2)C1. The highest BCUT2D eigenvalue weighted by atomic mass is 16.5. The van der Waals surface area contributed by atoms with Gasteiger partial charge < -0.3 is 10.5 Å². The summed E-state index contributed by atoms with van der Waals surface area (Å²) in [4.78, 5) is 10.6. The van der Waals surface area contributed by atoms with Gasteiger partial charge in [-0.25, -0.2) is 0 Å². The van der Waals surface area contributed by atoms with E-state index in [-0.39, 0.29) is 11.8 Å². The maximum Gasteiger partial charge on any atom is 0.220 e. The van der Waals surface area contributed by atoms with Gasteiger partial charge in [0.25, 0.3) is 0 Å². The zero-order chi connectivity index (χ0) is 7.19. The van der Waals surface area contributed by atoms with Crippen LogP contribution in [0.4, 0.5) is 0 Å². The molecule has 0 aromatic carbocycles. The van der Waals surface area contributed by atoms with Crippen LogP contribution in [0.2, 0.25) is 0 Å². The fourth-order valence-corrected chi connectivity index (χ4v) is 1.81. The second kappa shape index (κ2) is 1.72. The standard InChI is InChI=1S/C7H11NO2/c8-6(9)5-1-7(2-5)3-10-4-7/h5H,1-4H2,(H2,8,9). The van der Waals surface area contributed by atoms with Crippen LogP contribution >= 0.6 is 0 Å². The predicted octanol–water partition coefficient (Wildman–Crippen LogP) is -0.102. The van der Waals surface area contributed by atoms with Crippen molar-refractivity contribution < 1.29 is 9.53 Å². The van der Waals surface area contributed by atoms with Crippen molar-refractivity contribution in [1.82, 2.24) is 0 Å². The molecule has 2 fully saturated rings. The first-order chi connectivity index (χ1) is 4.72. The number of rotatable bonds is 1. The molecular weight excluding hydrogens is 130 g/mol. The van der Waals surface area contributed by atoms with E-state index in [0.717, 1.165) is 26.1 Å². The Morgan fingerprint density at radius 3 is 2.40 bits per heavy atom. The summed E-state index contributed by atoms with van der Waals surface area (Å²) in [6.45, 7) is 1.69. The molecule has 1 saturated heterocycles. The lowest BCUT2D eigenvalue weighted by Crippen LogP contribution is -2.55. The average molecular weight is 141 g/mol. The van der Waals surface area contributed by atoms with Crippen molar-refractivity contribution in [3.63, 3.8) is 0 Å². The van der Waals surface area contributed by atoms with Gasteiger partial charge in [0, 0.05) is 11.3 Å². The Hall–Kier alpha value is -0.570. The second-order valence-electron chi connectivity index (χ2n) is 3.50. The molecule has 0 aromatic rings. The molecule has 1 aliphatic carbocycles. The minimum atomic E-state index is -0.141. The van der Waals surface area contributed by atoms with Crippen LogP contribution in [0.5, 0.6) is 0 Å². The Morgan fingerprint density at radius 1 is 1.50 bits per heavy atom. The Morgan fingerprint density at radius 2 is 2.10 bits per heavy atom. The Balaban J connectivity index is 1.88. The third-order valence-electron chi connectivity index (χ3n) is 2.58. The molecule has 2 rings (SSSR count). The summed E-state index contributed by atoms with van der Waals surface area (Å²) >= 11 is 0. The summed E-state index contributed by atoms with van der Waals surface area (Å²) < 4.78 is 5.06. The predicted molar refractivity (Wildman–Crippen MR) is 35.2 cm³/mol. The summed E-state index contributed by atoms with van der Waals surface area (Å²) in [7, 11) is 0. The van der Waals surface area contributed by atoms with Crippen LogP contribution in [0.1, 0.15) is 12.8 Å². The first kappa shape index (κ1) is 6.16. The average Bonchev–Trinajstić information content (AvgIpc) is 1.54. The fraction of sp³-hybridized carbons (Fsp3) is 0.857. The smallest absolute Gasteiger partial charge is 0.220 e. The molecule has 0 aromatic heterocycles. The van der Waals surface area contributed by atoms with Crippen LogP contribution < -0.4 is 5.73 Å². The fourth-order valence-electron chi connectivity index (χ4n) is 1.81. The molecule has 1 spiro atoms. The third kappa shape index (κ3) is 0.669. The largest absolute Gasteiger partial charge is 0.380 e. The first-order valence-electron chi connectivity index (χ1n) is 3.59. The van der Waals surface area contributed by atoms with Gasteiger partial charge in [-0.1, -0.05) is 0 Å². The Kier molecular flexibility index (Phi) is 1.06. The zero-order valence-corrected chi connectivity index (χ0v) is 5.80. The van der Waals surface area contributed by atoms with E-state index in [0.29, 0.717) is 5.41 Å². The van der Waals surface area contributed by atoms with Gasteiger partial charge in [-0.2, -0.15) is 0 Å². The number of hydrogen-bond acceptors (Lipinski definition) is 2. The van der Waals surface area contributed by atoms with E-state index in [1.807, 2.05) is 0 Å². The van der Waals surface area contributed by atoms with Crippen LogP contribution in [-0.2, 0) is 9.53 Å². The van der Waals surface area contributed by atoms with Crippen LogP contribution in [0.15, 0.2) is 0 Å². The molecule has 3 heteroatoms. The van der Waals surface area contributed by atoms with E-state index in [4.69, 9.17) is 10.5 Å². The van der Waals surface area contributed by atoms with Gasteiger partial charge >= 0.3 is 0 Å². The minimum absolute atomic E-state index is 0.141. The maximum atomic E-state index is 10.6. The van der Waals surface area contributed by atoms with Gasteiger partial charge in [-0.3, -0.25) is 4.79 Å². The van der Waals surface area contributed by atoms with Crippen molar-refractivity contribution in [2.45, 2.75) is 12.8 Å². The zero-order valence-electron chi connectivity index (χ0n) is 5.80. The summed E-state index contributed by atoms with van der Waals surface area (Å²) in [5, 5.41) is 0. The van der Waals surface area contributed by atoms with E-state index < -0.39 is 0 Å². The minimum Gasteiger partial charge on any atom is -0.380 e. The van der Waals surface area contributed by atoms with E-state index in [1.54, 1.807) is 0 Å². The summed E-state index contributed by atoms with van der Waals surface area (Å²) in [5.74, 6) is 0.00132. The van der Waals surface area contributed by atoms with Gasteiger partial charge in [0.15, 0.2) is 0 Å². The van der Waals surface area contributed by atoms with Crippen LogP contribution in [-0.4, -0.2) is 19.1 Å². The lowest BCUT2D eigenvalue weighted by Gasteiger charge is -2.52. The van der Waals surface area contributed by atoms with Crippen LogP contribution in [0.3, 0.4) is 0 Å². The van der Waals surface area contributed by atoms with E-state index in [2.05, 4.69) is 0 Å². The van der Waals surface area contributed by atoms with Crippen LogP contribution in [0.25, 0.3) is 0 Å². The molecule has 0 radical (unpaired) electrons. The van der Waals surface area contributed by atoms with Gasteiger partial charge in [0.05, 0.1) is 13.2 Å². The van der Waals surface area contributed by atoms with Crippen molar-refractivity contribution in [1.29, 1.82) is 0 Å². The number of carbonyl (C=O) groups is 1. The summed E-state index contributed by atoms with van der Waals surface area (Å²) in [6, 6.07) is 0. The van der Waals surface area contributed by atoms with Crippen molar-refractivity contribution in [3.05, 3.63) is 0 Å².